The average molecular weight is 340 g/mol. The number of hydrogen-bond acceptors (Lipinski definition) is 2. The zero-order chi connectivity index (χ0) is 16.1. The predicted octanol–water partition coefficient (Wildman–Crippen LogP) is 4.91. The van der Waals surface area contributed by atoms with E-state index >= 15 is 0 Å². The van der Waals surface area contributed by atoms with Gasteiger partial charge in [-0.25, -0.2) is 4.39 Å². The van der Waals surface area contributed by atoms with Crippen molar-refractivity contribution in [3.05, 3.63) is 34.6 Å². The van der Waals surface area contributed by atoms with Crippen LogP contribution in [0, 0.1) is 11.7 Å². The standard InChI is InChI=1S/C19H27ClFNO/c20-19-13-16(21)5-6-18(19)15-3-1-14(2-4-15)7-10-22-17-8-11-23-12-9-17/h5-6,13-15,17,22H,1-4,7-12H2. The molecule has 0 unspecified atom stereocenters. The van der Waals surface area contributed by atoms with E-state index < -0.39 is 0 Å². The molecular formula is C19H27ClFNO. The van der Waals surface area contributed by atoms with Crippen molar-refractivity contribution < 1.29 is 9.13 Å². The first-order valence-corrected chi connectivity index (χ1v) is 9.36. The Hall–Kier alpha value is -0.640. The van der Waals surface area contributed by atoms with Crippen LogP contribution in [0.3, 0.4) is 0 Å². The molecular weight excluding hydrogens is 313 g/mol. The molecule has 23 heavy (non-hydrogen) atoms. The Labute approximate surface area is 143 Å². The normalized spacial score (nSPS) is 26.3. The number of nitrogens with one attached hydrogen (secondary N) is 1. The van der Waals surface area contributed by atoms with Gasteiger partial charge in [0.2, 0.25) is 0 Å². The van der Waals surface area contributed by atoms with Crippen molar-refractivity contribution in [2.75, 3.05) is 19.8 Å². The molecule has 1 aromatic carbocycles. The summed E-state index contributed by atoms with van der Waals surface area (Å²) in [5.74, 6) is 1.08. The van der Waals surface area contributed by atoms with Gasteiger partial charge in [-0.15, -0.1) is 0 Å². The maximum absolute atomic E-state index is 13.2. The van der Waals surface area contributed by atoms with Crippen molar-refractivity contribution in [3.8, 4) is 0 Å². The van der Waals surface area contributed by atoms with Gasteiger partial charge in [-0.1, -0.05) is 17.7 Å². The number of hydrogen-bond donors (Lipinski definition) is 1. The third-order valence-electron chi connectivity index (χ3n) is 5.46. The SMILES string of the molecule is Fc1ccc(C2CCC(CCNC3CCOCC3)CC2)c(Cl)c1. The fraction of sp³-hybridized carbons (Fsp3) is 0.684. The lowest BCUT2D eigenvalue weighted by Crippen LogP contribution is -2.36. The highest BCUT2D eigenvalue weighted by atomic mass is 35.5. The van der Waals surface area contributed by atoms with Crippen LogP contribution in [0.2, 0.25) is 5.02 Å². The molecule has 0 radical (unpaired) electrons. The van der Waals surface area contributed by atoms with Crippen molar-refractivity contribution in [1.82, 2.24) is 5.32 Å². The van der Waals surface area contributed by atoms with Gasteiger partial charge in [0, 0.05) is 24.3 Å². The smallest absolute Gasteiger partial charge is 0.124 e. The topological polar surface area (TPSA) is 21.3 Å². The first-order chi connectivity index (χ1) is 11.2. The molecule has 128 valence electrons. The van der Waals surface area contributed by atoms with Gasteiger partial charge in [0.25, 0.3) is 0 Å². The fourth-order valence-electron chi connectivity index (χ4n) is 3.99. The van der Waals surface area contributed by atoms with Crippen LogP contribution in [0.15, 0.2) is 18.2 Å². The number of halogens is 2. The van der Waals surface area contributed by atoms with Gasteiger partial charge in [-0.2, -0.15) is 0 Å². The van der Waals surface area contributed by atoms with Gasteiger partial charge in [0.05, 0.1) is 0 Å². The van der Waals surface area contributed by atoms with E-state index in [2.05, 4.69) is 5.32 Å². The van der Waals surface area contributed by atoms with E-state index in [9.17, 15) is 4.39 Å². The summed E-state index contributed by atoms with van der Waals surface area (Å²) in [6.07, 6.45) is 8.43. The van der Waals surface area contributed by atoms with Crippen molar-refractivity contribution >= 4 is 11.6 Å². The summed E-state index contributed by atoms with van der Waals surface area (Å²) in [5.41, 5.74) is 1.13. The van der Waals surface area contributed by atoms with Crippen LogP contribution >= 0.6 is 11.6 Å². The van der Waals surface area contributed by atoms with Crippen LogP contribution in [-0.2, 0) is 4.74 Å². The Morgan fingerprint density at radius 3 is 2.52 bits per heavy atom. The van der Waals surface area contributed by atoms with E-state index in [1.165, 1.54) is 44.2 Å². The lowest BCUT2D eigenvalue weighted by Gasteiger charge is -2.30. The second-order valence-electron chi connectivity index (χ2n) is 7.01. The Balaban J connectivity index is 1.39. The highest BCUT2D eigenvalue weighted by Crippen LogP contribution is 2.39. The Bertz CT molecular complexity index is 496. The Morgan fingerprint density at radius 1 is 1.09 bits per heavy atom. The highest BCUT2D eigenvalue weighted by Gasteiger charge is 2.24. The van der Waals surface area contributed by atoms with Gasteiger partial charge in [0.15, 0.2) is 0 Å². The molecule has 4 heteroatoms. The Kier molecular flexibility index (Phi) is 6.32. The summed E-state index contributed by atoms with van der Waals surface area (Å²) in [7, 11) is 0. The quantitative estimate of drug-likeness (QED) is 0.822. The molecule has 2 fully saturated rings. The number of ether oxygens (including phenoxy) is 1. The van der Waals surface area contributed by atoms with Crippen LogP contribution < -0.4 is 5.32 Å². The summed E-state index contributed by atoms with van der Waals surface area (Å²) in [4.78, 5) is 0. The highest BCUT2D eigenvalue weighted by molar-refractivity contribution is 6.31. The zero-order valence-corrected chi connectivity index (χ0v) is 14.5. The molecule has 1 N–H and O–H groups in total. The molecule has 1 heterocycles. The van der Waals surface area contributed by atoms with Crippen LogP contribution in [0.4, 0.5) is 4.39 Å². The molecule has 2 nitrogen and oxygen atoms in total. The summed E-state index contributed by atoms with van der Waals surface area (Å²) >= 11 is 6.21. The average Bonchev–Trinajstić information content (AvgIpc) is 2.57. The minimum atomic E-state index is -0.244. The molecule has 3 rings (SSSR count). The first kappa shape index (κ1) is 17.2. The van der Waals surface area contributed by atoms with E-state index in [-0.39, 0.29) is 5.82 Å². The third-order valence-corrected chi connectivity index (χ3v) is 5.78. The maximum Gasteiger partial charge on any atom is 0.124 e. The predicted molar refractivity (Wildman–Crippen MR) is 92.6 cm³/mol. The first-order valence-electron chi connectivity index (χ1n) is 8.98. The van der Waals surface area contributed by atoms with Gasteiger partial charge in [-0.05, 0) is 81.0 Å². The van der Waals surface area contributed by atoms with Gasteiger partial charge in [0.1, 0.15) is 5.82 Å². The second kappa shape index (κ2) is 8.46. The van der Waals surface area contributed by atoms with Crippen LogP contribution in [-0.4, -0.2) is 25.8 Å². The van der Waals surface area contributed by atoms with Crippen molar-refractivity contribution in [3.63, 3.8) is 0 Å². The number of rotatable bonds is 5. The molecule has 1 aromatic rings. The van der Waals surface area contributed by atoms with Crippen LogP contribution in [0.5, 0.6) is 0 Å². The van der Waals surface area contributed by atoms with E-state index in [4.69, 9.17) is 16.3 Å². The van der Waals surface area contributed by atoms with Gasteiger partial charge >= 0.3 is 0 Å². The van der Waals surface area contributed by atoms with Crippen LogP contribution in [0.1, 0.15) is 56.4 Å². The van der Waals surface area contributed by atoms with Gasteiger partial charge < -0.3 is 10.1 Å². The minimum absolute atomic E-state index is 0.244. The lowest BCUT2D eigenvalue weighted by atomic mass is 9.77. The molecule has 1 saturated carbocycles. The van der Waals surface area contributed by atoms with Crippen molar-refractivity contribution in [2.24, 2.45) is 5.92 Å². The van der Waals surface area contributed by atoms with E-state index in [0.29, 0.717) is 17.0 Å². The summed E-state index contributed by atoms with van der Waals surface area (Å²) in [5, 5.41) is 4.28. The molecule has 1 saturated heterocycles. The monoisotopic (exact) mass is 339 g/mol. The molecule has 1 aliphatic carbocycles. The molecule has 0 bridgehead atoms. The van der Waals surface area contributed by atoms with E-state index in [1.54, 1.807) is 0 Å². The van der Waals surface area contributed by atoms with Gasteiger partial charge in [-0.3, -0.25) is 0 Å². The largest absolute Gasteiger partial charge is 0.381 e. The van der Waals surface area contributed by atoms with E-state index in [1.807, 2.05) is 6.07 Å². The molecule has 0 aromatic heterocycles. The summed E-state index contributed by atoms with van der Waals surface area (Å²) < 4.78 is 18.6. The number of benzene rings is 1. The lowest BCUT2D eigenvalue weighted by molar-refractivity contribution is 0.0775. The summed E-state index contributed by atoms with van der Waals surface area (Å²) in [6, 6.07) is 5.50. The maximum atomic E-state index is 13.2. The van der Waals surface area contributed by atoms with Crippen LogP contribution in [0.25, 0.3) is 0 Å². The fourth-order valence-corrected chi connectivity index (χ4v) is 4.31. The van der Waals surface area contributed by atoms with E-state index in [0.717, 1.165) is 44.1 Å². The molecule has 0 spiro atoms. The van der Waals surface area contributed by atoms with Crippen molar-refractivity contribution in [2.45, 2.75) is 56.9 Å². The van der Waals surface area contributed by atoms with Crippen molar-refractivity contribution in [1.29, 1.82) is 0 Å². The molecule has 1 aliphatic heterocycles. The molecule has 0 atom stereocenters. The molecule has 0 amide bonds. The Morgan fingerprint density at radius 2 is 1.83 bits per heavy atom. The minimum Gasteiger partial charge on any atom is -0.381 e. The zero-order valence-electron chi connectivity index (χ0n) is 13.7. The molecule has 2 aliphatic rings. The summed E-state index contributed by atoms with van der Waals surface area (Å²) in [6.45, 7) is 2.93. The second-order valence-corrected chi connectivity index (χ2v) is 7.42. The third kappa shape index (κ3) is 4.91.